The first kappa shape index (κ1) is 9.67. The van der Waals surface area contributed by atoms with Gasteiger partial charge in [-0.15, -0.1) is 0 Å². The highest BCUT2D eigenvalue weighted by atomic mass is 16.4. The molecule has 5 heteroatoms. The molecule has 1 atom stereocenters. The Labute approximate surface area is 85.3 Å². The first-order valence-corrected chi connectivity index (χ1v) is 4.39. The molecule has 0 spiro atoms. The number of benzene rings is 1. The average Bonchev–Trinajstić information content (AvgIpc) is 2.39. The van der Waals surface area contributed by atoms with Gasteiger partial charge in [-0.1, -0.05) is 18.2 Å². The number of nitrogens with one attached hydrogen (secondary N) is 1. The minimum absolute atomic E-state index is 0.317. The summed E-state index contributed by atoms with van der Waals surface area (Å²) in [6, 6.07) is 6.39. The molecular weight excluding hydrogens is 198 g/mol. The van der Waals surface area contributed by atoms with Gasteiger partial charge in [0.15, 0.2) is 5.72 Å². The third-order valence-corrected chi connectivity index (χ3v) is 2.34. The molecule has 0 bridgehead atoms. The first-order chi connectivity index (χ1) is 7.03. The molecule has 1 heterocycles. The number of carbonyl (C=O) groups is 2. The summed E-state index contributed by atoms with van der Waals surface area (Å²) in [7, 11) is 0. The molecule has 3 N–H and O–H groups in total. The molecule has 1 aromatic carbocycles. The fourth-order valence-corrected chi connectivity index (χ4v) is 1.72. The zero-order valence-corrected chi connectivity index (χ0v) is 7.73. The van der Waals surface area contributed by atoms with Crippen LogP contribution in [0, 0.1) is 0 Å². The van der Waals surface area contributed by atoms with E-state index in [2.05, 4.69) is 5.32 Å². The van der Waals surface area contributed by atoms with Gasteiger partial charge in [-0.3, -0.25) is 9.59 Å². The van der Waals surface area contributed by atoms with Crippen molar-refractivity contribution in [3.05, 3.63) is 35.4 Å². The third kappa shape index (κ3) is 1.46. The van der Waals surface area contributed by atoms with E-state index in [0.29, 0.717) is 11.1 Å². The zero-order valence-electron chi connectivity index (χ0n) is 7.73. The largest absolute Gasteiger partial charge is 0.481 e. The summed E-state index contributed by atoms with van der Waals surface area (Å²) in [5, 5.41) is 20.9. The molecule has 2 rings (SSSR count). The van der Waals surface area contributed by atoms with E-state index in [9.17, 15) is 14.7 Å². The Kier molecular flexibility index (Phi) is 1.97. The van der Waals surface area contributed by atoms with Crippen molar-refractivity contribution in [3.63, 3.8) is 0 Å². The average molecular weight is 207 g/mol. The second-order valence-corrected chi connectivity index (χ2v) is 3.43. The minimum atomic E-state index is -1.78. The molecular formula is C10H9NO4. The molecule has 0 aromatic heterocycles. The smallest absolute Gasteiger partial charge is 0.308 e. The fourth-order valence-electron chi connectivity index (χ4n) is 1.72. The van der Waals surface area contributed by atoms with Gasteiger partial charge in [0.1, 0.15) is 0 Å². The van der Waals surface area contributed by atoms with Crippen LogP contribution in [0.15, 0.2) is 24.3 Å². The van der Waals surface area contributed by atoms with Gasteiger partial charge >= 0.3 is 5.97 Å². The van der Waals surface area contributed by atoms with Crippen molar-refractivity contribution in [2.45, 2.75) is 12.1 Å². The van der Waals surface area contributed by atoms with E-state index in [0.717, 1.165) is 0 Å². The van der Waals surface area contributed by atoms with E-state index in [1.54, 1.807) is 18.2 Å². The van der Waals surface area contributed by atoms with Gasteiger partial charge in [0.25, 0.3) is 5.91 Å². The predicted molar refractivity (Wildman–Crippen MR) is 50.1 cm³/mol. The molecule has 1 amide bonds. The summed E-state index contributed by atoms with van der Waals surface area (Å²) in [5.74, 6) is -1.62. The molecule has 1 unspecified atom stereocenters. The standard InChI is InChI=1S/C10H9NO4/c12-8(13)5-10(15)7-4-2-1-3-6(7)9(14)11-10/h1-4,15H,5H2,(H,11,14)(H,12,13). The fraction of sp³-hybridized carbons (Fsp3) is 0.200. The SMILES string of the molecule is O=C(O)CC1(O)NC(=O)c2ccccc21. The lowest BCUT2D eigenvalue weighted by Crippen LogP contribution is -2.40. The van der Waals surface area contributed by atoms with Gasteiger partial charge < -0.3 is 15.5 Å². The lowest BCUT2D eigenvalue weighted by molar-refractivity contribution is -0.143. The summed E-state index contributed by atoms with van der Waals surface area (Å²) in [6.07, 6.45) is -0.546. The van der Waals surface area contributed by atoms with Gasteiger partial charge in [-0.2, -0.15) is 0 Å². The highest BCUT2D eigenvalue weighted by molar-refractivity contribution is 6.00. The number of aliphatic hydroxyl groups is 1. The van der Waals surface area contributed by atoms with E-state index < -0.39 is 24.0 Å². The Morgan fingerprint density at radius 3 is 2.73 bits per heavy atom. The Bertz CT molecular complexity index is 439. The number of carbonyl (C=O) groups excluding carboxylic acids is 1. The van der Waals surface area contributed by atoms with Crippen LogP contribution < -0.4 is 5.32 Å². The van der Waals surface area contributed by atoms with Gasteiger partial charge in [-0.05, 0) is 6.07 Å². The summed E-state index contributed by atoms with van der Waals surface area (Å²) in [6.45, 7) is 0. The number of aliphatic carboxylic acids is 1. The number of rotatable bonds is 2. The monoisotopic (exact) mass is 207 g/mol. The van der Waals surface area contributed by atoms with Crippen molar-refractivity contribution in [1.29, 1.82) is 0 Å². The van der Waals surface area contributed by atoms with Crippen LogP contribution in [0.2, 0.25) is 0 Å². The van der Waals surface area contributed by atoms with Gasteiger partial charge in [0.05, 0.1) is 6.42 Å². The molecule has 5 nitrogen and oxygen atoms in total. The van der Waals surface area contributed by atoms with Crippen LogP contribution in [0.1, 0.15) is 22.3 Å². The zero-order chi connectivity index (χ0) is 11.1. The third-order valence-electron chi connectivity index (χ3n) is 2.34. The second kappa shape index (κ2) is 3.06. The summed E-state index contributed by atoms with van der Waals surface area (Å²) < 4.78 is 0. The number of hydrogen-bond donors (Lipinski definition) is 3. The number of amides is 1. The van der Waals surface area contributed by atoms with E-state index >= 15 is 0 Å². The molecule has 0 saturated heterocycles. The van der Waals surface area contributed by atoms with E-state index in [-0.39, 0.29) is 0 Å². The van der Waals surface area contributed by atoms with E-state index in [4.69, 9.17) is 5.11 Å². The Morgan fingerprint density at radius 1 is 1.40 bits per heavy atom. The van der Waals surface area contributed by atoms with Crippen LogP contribution in [-0.4, -0.2) is 22.1 Å². The van der Waals surface area contributed by atoms with Crippen LogP contribution in [0.5, 0.6) is 0 Å². The Morgan fingerprint density at radius 2 is 2.07 bits per heavy atom. The number of fused-ring (bicyclic) bond motifs is 1. The molecule has 0 aliphatic carbocycles. The molecule has 0 saturated carbocycles. The van der Waals surface area contributed by atoms with E-state index in [1.165, 1.54) is 6.07 Å². The lowest BCUT2D eigenvalue weighted by Gasteiger charge is -2.21. The van der Waals surface area contributed by atoms with Crippen molar-refractivity contribution >= 4 is 11.9 Å². The predicted octanol–water partition coefficient (Wildman–Crippen LogP) is 0.0498. The summed E-state index contributed by atoms with van der Waals surface area (Å²) in [4.78, 5) is 22.0. The summed E-state index contributed by atoms with van der Waals surface area (Å²) >= 11 is 0. The van der Waals surface area contributed by atoms with Crippen molar-refractivity contribution in [2.24, 2.45) is 0 Å². The van der Waals surface area contributed by atoms with Crippen molar-refractivity contribution < 1.29 is 19.8 Å². The molecule has 1 aliphatic rings. The molecule has 0 radical (unpaired) electrons. The van der Waals surface area contributed by atoms with Crippen molar-refractivity contribution in [2.75, 3.05) is 0 Å². The maximum absolute atomic E-state index is 11.4. The number of carboxylic acids is 1. The highest BCUT2D eigenvalue weighted by Gasteiger charge is 2.42. The lowest BCUT2D eigenvalue weighted by atomic mass is 9.99. The number of carboxylic acid groups (broad SMARTS) is 1. The quantitative estimate of drug-likeness (QED) is 0.639. The molecule has 0 fully saturated rings. The normalized spacial score (nSPS) is 23.4. The molecule has 1 aliphatic heterocycles. The minimum Gasteiger partial charge on any atom is -0.481 e. The Balaban J connectivity index is 2.47. The maximum atomic E-state index is 11.4. The van der Waals surface area contributed by atoms with Gasteiger partial charge in [0.2, 0.25) is 0 Å². The van der Waals surface area contributed by atoms with Crippen LogP contribution in [0.3, 0.4) is 0 Å². The van der Waals surface area contributed by atoms with Gasteiger partial charge in [0, 0.05) is 11.1 Å². The van der Waals surface area contributed by atoms with Gasteiger partial charge in [-0.25, -0.2) is 0 Å². The van der Waals surface area contributed by atoms with Crippen LogP contribution >= 0.6 is 0 Å². The first-order valence-electron chi connectivity index (χ1n) is 4.39. The second-order valence-electron chi connectivity index (χ2n) is 3.43. The molecule has 15 heavy (non-hydrogen) atoms. The Hall–Kier alpha value is -1.88. The summed E-state index contributed by atoms with van der Waals surface area (Å²) in [5.41, 5.74) is -1.14. The van der Waals surface area contributed by atoms with Crippen molar-refractivity contribution in [3.8, 4) is 0 Å². The van der Waals surface area contributed by atoms with Crippen molar-refractivity contribution in [1.82, 2.24) is 5.32 Å². The molecule has 1 aromatic rings. The maximum Gasteiger partial charge on any atom is 0.308 e. The van der Waals surface area contributed by atoms with Crippen LogP contribution in [0.4, 0.5) is 0 Å². The molecule has 78 valence electrons. The van der Waals surface area contributed by atoms with Crippen LogP contribution in [0.25, 0.3) is 0 Å². The topological polar surface area (TPSA) is 86.6 Å². The van der Waals surface area contributed by atoms with E-state index in [1.807, 2.05) is 0 Å². The number of hydrogen-bond acceptors (Lipinski definition) is 3. The highest BCUT2D eigenvalue weighted by Crippen LogP contribution is 2.31. The van der Waals surface area contributed by atoms with Crippen LogP contribution in [-0.2, 0) is 10.5 Å².